The summed E-state index contributed by atoms with van der Waals surface area (Å²) in [5.41, 5.74) is 1.62. The van der Waals surface area contributed by atoms with Crippen molar-refractivity contribution in [1.82, 2.24) is 5.32 Å². The molecular formula is C12H11NO2S. The Labute approximate surface area is 97.9 Å². The molecule has 1 N–H and O–H groups in total. The first-order chi connectivity index (χ1) is 7.66. The number of allylic oxidation sites excluding steroid dienone is 1. The lowest BCUT2D eigenvalue weighted by Gasteiger charge is -2.01. The molecule has 16 heavy (non-hydrogen) atoms. The van der Waals surface area contributed by atoms with Gasteiger partial charge in [-0.25, -0.2) is 0 Å². The van der Waals surface area contributed by atoms with Crippen LogP contribution in [0, 0.1) is 6.92 Å². The van der Waals surface area contributed by atoms with E-state index in [-0.39, 0.29) is 11.7 Å². The summed E-state index contributed by atoms with van der Waals surface area (Å²) in [5.74, 6) is 0.281. The number of carbonyl (C=O) groups excluding carboxylic acids is 2. The number of benzene rings is 1. The van der Waals surface area contributed by atoms with Gasteiger partial charge in [-0.1, -0.05) is 36.0 Å². The van der Waals surface area contributed by atoms with Crippen molar-refractivity contribution in [3.8, 4) is 0 Å². The number of hydrogen-bond acceptors (Lipinski definition) is 3. The van der Waals surface area contributed by atoms with Crippen LogP contribution in [0.4, 0.5) is 0 Å². The van der Waals surface area contributed by atoms with Crippen LogP contribution in [-0.4, -0.2) is 17.4 Å². The quantitative estimate of drug-likeness (QED) is 0.626. The maximum atomic E-state index is 11.9. The molecule has 1 aromatic carbocycles. The molecule has 1 saturated heterocycles. The summed E-state index contributed by atoms with van der Waals surface area (Å²) in [5, 5.41) is 3.28. The highest BCUT2D eigenvalue weighted by Crippen LogP contribution is 2.20. The van der Waals surface area contributed by atoms with E-state index in [9.17, 15) is 9.59 Å². The van der Waals surface area contributed by atoms with Crippen molar-refractivity contribution >= 4 is 23.5 Å². The molecule has 82 valence electrons. The number of aryl methyl sites for hydroxylation is 1. The SMILES string of the molecule is Cc1ccccc1C(=O)C=C1NC(=O)CS1. The van der Waals surface area contributed by atoms with Crippen LogP contribution in [0.1, 0.15) is 15.9 Å². The number of nitrogens with one attached hydrogen (secondary N) is 1. The Kier molecular flexibility index (Phi) is 3.10. The Morgan fingerprint density at radius 3 is 2.81 bits per heavy atom. The Morgan fingerprint density at radius 2 is 2.19 bits per heavy atom. The van der Waals surface area contributed by atoms with Crippen LogP contribution >= 0.6 is 11.8 Å². The second-order valence-corrected chi connectivity index (χ2v) is 4.54. The number of ketones is 1. The zero-order chi connectivity index (χ0) is 11.5. The molecule has 0 saturated carbocycles. The summed E-state index contributed by atoms with van der Waals surface area (Å²) in [6.07, 6.45) is 1.48. The third-order valence-electron chi connectivity index (χ3n) is 2.29. The monoisotopic (exact) mass is 233 g/mol. The maximum absolute atomic E-state index is 11.9. The molecule has 0 aromatic heterocycles. The van der Waals surface area contributed by atoms with Crippen molar-refractivity contribution in [2.24, 2.45) is 0 Å². The highest BCUT2D eigenvalue weighted by molar-refractivity contribution is 8.04. The second-order valence-electron chi connectivity index (χ2n) is 3.52. The fourth-order valence-corrected chi connectivity index (χ4v) is 2.21. The molecule has 3 nitrogen and oxygen atoms in total. The van der Waals surface area contributed by atoms with Gasteiger partial charge in [0, 0.05) is 11.6 Å². The van der Waals surface area contributed by atoms with Crippen molar-refractivity contribution < 1.29 is 9.59 Å². The number of amides is 1. The van der Waals surface area contributed by atoms with Gasteiger partial charge < -0.3 is 5.32 Å². The van der Waals surface area contributed by atoms with Crippen molar-refractivity contribution in [1.29, 1.82) is 0 Å². The summed E-state index contributed by atoms with van der Waals surface area (Å²) < 4.78 is 0. The van der Waals surface area contributed by atoms with Gasteiger partial charge in [0.05, 0.1) is 10.8 Å². The van der Waals surface area contributed by atoms with Crippen LogP contribution in [0.5, 0.6) is 0 Å². The molecule has 0 unspecified atom stereocenters. The summed E-state index contributed by atoms with van der Waals surface area (Å²) in [7, 11) is 0. The Balaban J connectivity index is 2.21. The molecular weight excluding hydrogens is 222 g/mol. The third kappa shape index (κ3) is 2.33. The topological polar surface area (TPSA) is 46.2 Å². The summed E-state index contributed by atoms with van der Waals surface area (Å²) in [6.45, 7) is 1.89. The Morgan fingerprint density at radius 1 is 1.44 bits per heavy atom. The Hall–Kier alpha value is -1.55. The molecule has 2 rings (SSSR count). The molecule has 1 amide bonds. The molecule has 4 heteroatoms. The van der Waals surface area contributed by atoms with E-state index in [4.69, 9.17) is 0 Å². The first-order valence-corrected chi connectivity index (χ1v) is 5.89. The zero-order valence-corrected chi connectivity index (χ0v) is 9.64. The normalized spacial score (nSPS) is 17.6. The van der Waals surface area contributed by atoms with E-state index >= 15 is 0 Å². The van der Waals surface area contributed by atoms with E-state index in [2.05, 4.69) is 5.32 Å². The van der Waals surface area contributed by atoms with Gasteiger partial charge in [-0.2, -0.15) is 0 Å². The van der Waals surface area contributed by atoms with E-state index in [1.54, 1.807) is 6.07 Å². The molecule has 0 bridgehead atoms. The predicted molar refractivity (Wildman–Crippen MR) is 64.2 cm³/mol. The van der Waals surface area contributed by atoms with Gasteiger partial charge >= 0.3 is 0 Å². The minimum Gasteiger partial charge on any atom is -0.320 e. The number of thioether (sulfide) groups is 1. The van der Waals surface area contributed by atoms with Crippen LogP contribution in [0.25, 0.3) is 0 Å². The molecule has 0 atom stereocenters. The number of rotatable bonds is 2. The lowest BCUT2D eigenvalue weighted by Crippen LogP contribution is -2.14. The largest absolute Gasteiger partial charge is 0.320 e. The summed E-state index contributed by atoms with van der Waals surface area (Å²) in [4.78, 5) is 22.8. The van der Waals surface area contributed by atoms with Crippen LogP contribution in [0.2, 0.25) is 0 Å². The third-order valence-corrected chi connectivity index (χ3v) is 3.23. The number of hydrogen-bond donors (Lipinski definition) is 1. The minimum absolute atomic E-state index is 0.0474. The molecule has 0 radical (unpaired) electrons. The van der Waals surface area contributed by atoms with Crippen LogP contribution in [-0.2, 0) is 4.79 Å². The van der Waals surface area contributed by atoms with Crippen molar-refractivity contribution in [2.75, 3.05) is 5.75 Å². The molecule has 1 aliphatic heterocycles. The average molecular weight is 233 g/mol. The van der Waals surface area contributed by atoms with E-state index < -0.39 is 0 Å². The Bertz CT molecular complexity index is 480. The first-order valence-electron chi connectivity index (χ1n) is 4.91. The average Bonchev–Trinajstić information content (AvgIpc) is 2.64. The first kappa shape index (κ1) is 11.0. The molecule has 0 aliphatic carbocycles. The zero-order valence-electron chi connectivity index (χ0n) is 8.82. The lowest BCUT2D eigenvalue weighted by atomic mass is 10.1. The van der Waals surface area contributed by atoms with Gasteiger partial charge in [0.1, 0.15) is 0 Å². The predicted octanol–water partition coefficient (Wildman–Crippen LogP) is 1.88. The van der Waals surface area contributed by atoms with Gasteiger partial charge in [0.2, 0.25) is 5.91 Å². The van der Waals surface area contributed by atoms with Gasteiger partial charge in [-0.15, -0.1) is 0 Å². The van der Waals surface area contributed by atoms with Crippen LogP contribution in [0.3, 0.4) is 0 Å². The van der Waals surface area contributed by atoms with E-state index in [0.717, 1.165) is 5.56 Å². The van der Waals surface area contributed by atoms with E-state index in [1.165, 1.54) is 17.8 Å². The van der Waals surface area contributed by atoms with Crippen LogP contribution in [0.15, 0.2) is 35.4 Å². The smallest absolute Gasteiger partial charge is 0.235 e. The second kappa shape index (κ2) is 4.53. The van der Waals surface area contributed by atoms with E-state index in [1.807, 2.05) is 25.1 Å². The standard InChI is InChI=1S/C12H11NO2S/c1-8-4-2-3-5-9(8)10(14)6-12-13-11(15)7-16-12/h2-6H,7H2,1H3,(H,13,15). The maximum Gasteiger partial charge on any atom is 0.235 e. The highest BCUT2D eigenvalue weighted by Gasteiger charge is 2.16. The van der Waals surface area contributed by atoms with E-state index in [0.29, 0.717) is 16.3 Å². The van der Waals surface area contributed by atoms with Gasteiger partial charge in [0.15, 0.2) is 5.78 Å². The number of carbonyl (C=O) groups is 2. The van der Waals surface area contributed by atoms with Gasteiger partial charge in [-0.05, 0) is 12.5 Å². The highest BCUT2D eigenvalue weighted by atomic mass is 32.2. The molecule has 0 spiro atoms. The van der Waals surface area contributed by atoms with Crippen molar-refractivity contribution in [3.63, 3.8) is 0 Å². The van der Waals surface area contributed by atoms with Crippen molar-refractivity contribution in [2.45, 2.75) is 6.92 Å². The fraction of sp³-hybridized carbons (Fsp3) is 0.167. The molecule has 1 heterocycles. The van der Waals surface area contributed by atoms with Crippen LogP contribution < -0.4 is 5.32 Å². The van der Waals surface area contributed by atoms with Gasteiger partial charge in [0.25, 0.3) is 0 Å². The molecule has 1 aromatic rings. The van der Waals surface area contributed by atoms with Gasteiger partial charge in [-0.3, -0.25) is 9.59 Å². The summed E-state index contributed by atoms with van der Waals surface area (Å²) >= 11 is 1.36. The molecule has 1 aliphatic rings. The lowest BCUT2D eigenvalue weighted by molar-refractivity contribution is -0.117. The van der Waals surface area contributed by atoms with Crippen molar-refractivity contribution in [3.05, 3.63) is 46.5 Å². The molecule has 1 fully saturated rings. The minimum atomic E-state index is -0.0669. The summed E-state index contributed by atoms with van der Waals surface area (Å²) in [6, 6.07) is 7.41. The fourth-order valence-electron chi connectivity index (χ4n) is 1.48.